The summed E-state index contributed by atoms with van der Waals surface area (Å²) in [5, 5.41) is 15.4. The van der Waals surface area contributed by atoms with Gasteiger partial charge in [-0.3, -0.25) is 9.59 Å². The summed E-state index contributed by atoms with van der Waals surface area (Å²) in [5.74, 6) is -2.62. The maximum atomic E-state index is 9.43. The second kappa shape index (κ2) is 11.7. The van der Waals surface area contributed by atoms with Crippen LogP contribution in [-0.4, -0.2) is 91.3 Å². The molecule has 0 aliphatic heterocycles. The van der Waals surface area contributed by atoms with E-state index in [0.717, 1.165) is 4.59 Å². The molecule has 0 aromatic rings. The van der Waals surface area contributed by atoms with Crippen molar-refractivity contribution in [1.82, 2.24) is 0 Å². The van der Waals surface area contributed by atoms with E-state index in [1.165, 1.54) is 32.1 Å². The molecule has 0 aromatic heterocycles. The van der Waals surface area contributed by atoms with Crippen LogP contribution in [0.5, 0.6) is 0 Å². The van der Waals surface area contributed by atoms with E-state index >= 15 is 0 Å². The zero-order valence-electron chi connectivity index (χ0n) is 8.53. The molecule has 78 valence electrons. The number of aliphatic carboxylic acids is 2. The second-order valence-electron chi connectivity index (χ2n) is 3.71. The summed E-state index contributed by atoms with van der Waals surface area (Å²) in [6, 6.07) is 0. The predicted molar refractivity (Wildman–Crippen MR) is 59.6 cm³/mol. The quantitative estimate of drug-likeness (QED) is 0.547. The zero-order valence-corrected chi connectivity index (χ0v) is 8.53. The molecule has 4 nitrogen and oxygen atoms in total. The summed E-state index contributed by atoms with van der Waals surface area (Å²) < 4.78 is 1.04. The Labute approximate surface area is 142 Å². The standard InChI is InChI=1S/C6H11.C3H4O4.K.Li.H/c1-2-4-6-5-3-1;4-2(5)1-3(6)7;;;/h1H,2-6H2;1H2,(H,4,5)(H,6,7);;;. The Morgan fingerprint density at radius 1 is 1.07 bits per heavy atom. The van der Waals surface area contributed by atoms with Gasteiger partial charge in [0.25, 0.3) is 0 Å². The van der Waals surface area contributed by atoms with Crippen molar-refractivity contribution in [3.05, 3.63) is 0 Å². The molecule has 1 fully saturated rings. The average molecular weight is 234 g/mol. The third-order valence-corrected chi connectivity index (χ3v) is 2.20. The molecule has 0 unspecified atom stereocenters. The van der Waals surface area contributed by atoms with E-state index < -0.39 is 18.4 Å². The fourth-order valence-electron chi connectivity index (χ4n) is 1.44. The van der Waals surface area contributed by atoms with E-state index in [0.29, 0.717) is 0 Å². The Morgan fingerprint density at radius 3 is 1.60 bits per heavy atom. The van der Waals surface area contributed by atoms with Gasteiger partial charge in [0.1, 0.15) is 6.42 Å². The van der Waals surface area contributed by atoms with Crippen LogP contribution < -0.4 is 0 Å². The number of carbonyl (C=O) groups is 2. The molecule has 0 amide bonds. The Balaban J connectivity index is 0. The molecule has 1 aliphatic rings. The molecule has 15 heavy (non-hydrogen) atoms. The Morgan fingerprint density at radius 2 is 1.47 bits per heavy atom. The molecule has 0 aromatic carbocycles. The summed E-state index contributed by atoms with van der Waals surface area (Å²) in [6.45, 7) is 0. The molecule has 1 aliphatic carbocycles. The maximum absolute atomic E-state index is 9.43. The van der Waals surface area contributed by atoms with Crippen molar-refractivity contribution in [2.45, 2.75) is 43.1 Å². The molecule has 0 bridgehead atoms. The first-order valence-corrected chi connectivity index (χ1v) is 4.96. The SMILES string of the molecule is O=C(O)CC(=O)O.[KH].[Li][CH]1CCCCC1. The van der Waals surface area contributed by atoms with Gasteiger partial charge in [-0.15, -0.1) is 0 Å². The van der Waals surface area contributed by atoms with Gasteiger partial charge in [-0.2, -0.15) is 0 Å². The number of hydrogen-bond acceptors (Lipinski definition) is 2. The molecular formula is C9H16KLiO4. The fourth-order valence-corrected chi connectivity index (χ4v) is 1.44. The number of rotatable bonds is 2. The molecule has 0 spiro atoms. The van der Waals surface area contributed by atoms with E-state index in [1.807, 2.05) is 0 Å². The first-order chi connectivity index (χ1) is 6.52. The van der Waals surface area contributed by atoms with Crippen LogP contribution in [0.4, 0.5) is 0 Å². The Bertz CT molecular complexity index is 181. The summed E-state index contributed by atoms with van der Waals surface area (Å²) in [4.78, 5) is 18.9. The molecule has 0 atom stereocenters. The van der Waals surface area contributed by atoms with Crippen molar-refractivity contribution in [2.75, 3.05) is 0 Å². The molecule has 1 rings (SSSR count). The van der Waals surface area contributed by atoms with Crippen molar-refractivity contribution in [2.24, 2.45) is 0 Å². The number of hydrogen-bond donors (Lipinski definition) is 2. The van der Waals surface area contributed by atoms with Crippen LogP contribution in [-0.2, 0) is 9.59 Å². The minimum absolute atomic E-state index is 0. The summed E-state index contributed by atoms with van der Waals surface area (Å²) in [5.41, 5.74) is 0. The van der Waals surface area contributed by atoms with Crippen molar-refractivity contribution in [3.8, 4) is 0 Å². The van der Waals surface area contributed by atoms with Crippen LogP contribution in [0.15, 0.2) is 0 Å². The molecule has 0 radical (unpaired) electrons. The van der Waals surface area contributed by atoms with Crippen LogP contribution in [0.3, 0.4) is 0 Å². The van der Waals surface area contributed by atoms with Gasteiger partial charge in [0.15, 0.2) is 0 Å². The van der Waals surface area contributed by atoms with Crippen LogP contribution >= 0.6 is 0 Å². The third kappa shape index (κ3) is 15.2. The van der Waals surface area contributed by atoms with Crippen LogP contribution in [0, 0.1) is 0 Å². The predicted octanol–water partition coefficient (Wildman–Crippen LogP) is 0.805. The normalized spacial score (nSPS) is 15.6. The first kappa shape index (κ1) is 18.5. The van der Waals surface area contributed by atoms with E-state index in [9.17, 15) is 9.59 Å². The van der Waals surface area contributed by atoms with Gasteiger partial charge in [0, 0.05) is 0 Å². The molecule has 6 heteroatoms. The van der Waals surface area contributed by atoms with Crippen LogP contribution in [0.2, 0.25) is 4.59 Å². The van der Waals surface area contributed by atoms with Gasteiger partial charge >= 0.3 is 118 Å². The van der Waals surface area contributed by atoms with Crippen molar-refractivity contribution < 1.29 is 19.8 Å². The summed E-state index contributed by atoms with van der Waals surface area (Å²) in [6.07, 6.45) is 6.63. The topological polar surface area (TPSA) is 74.6 Å². The number of carboxylic acids is 2. The Kier molecular flexibility index (Phi) is 14.4. The molecule has 0 heterocycles. The van der Waals surface area contributed by atoms with E-state index in [2.05, 4.69) is 17.7 Å². The fraction of sp³-hybridized carbons (Fsp3) is 0.778. The van der Waals surface area contributed by atoms with Gasteiger partial charge in [0.05, 0.1) is 0 Å². The van der Waals surface area contributed by atoms with Crippen molar-refractivity contribution in [1.29, 1.82) is 0 Å². The van der Waals surface area contributed by atoms with Gasteiger partial charge in [0.2, 0.25) is 0 Å². The Hall–Kier alpha value is 1.17. The van der Waals surface area contributed by atoms with E-state index in [4.69, 9.17) is 10.2 Å². The molecular weight excluding hydrogens is 218 g/mol. The van der Waals surface area contributed by atoms with E-state index in [-0.39, 0.29) is 51.4 Å². The van der Waals surface area contributed by atoms with Crippen molar-refractivity contribution in [3.63, 3.8) is 0 Å². The summed E-state index contributed by atoms with van der Waals surface area (Å²) >= 11 is 2.36. The second-order valence-corrected chi connectivity index (χ2v) is 3.71. The summed E-state index contributed by atoms with van der Waals surface area (Å²) in [7, 11) is 0. The number of carboxylic acid groups (broad SMARTS) is 2. The van der Waals surface area contributed by atoms with E-state index in [1.54, 1.807) is 0 Å². The molecule has 1 saturated carbocycles. The first-order valence-electron chi connectivity index (χ1n) is 4.96. The van der Waals surface area contributed by atoms with Gasteiger partial charge in [-0.25, -0.2) is 0 Å². The van der Waals surface area contributed by atoms with Crippen LogP contribution in [0.1, 0.15) is 38.5 Å². The van der Waals surface area contributed by atoms with Gasteiger partial charge < -0.3 is 10.2 Å². The molecule has 0 saturated heterocycles. The average Bonchev–Trinajstić information content (AvgIpc) is 2.03. The van der Waals surface area contributed by atoms with Crippen LogP contribution in [0.25, 0.3) is 0 Å². The third-order valence-electron chi connectivity index (χ3n) is 2.20. The monoisotopic (exact) mass is 234 g/mol. The zero-order chi connectivity index (χ0) is 11.0. The molecule has 2 N–H and O–H groups in total. The van der Waals surface area contributed by atoms with Gasteiger partial charge in [-0.05, 0) is 0 Å². The van der Waals surface area contributed by atoms with Crippen molar-refractivity contribution >= 4 is 81.0 Å². The van der Waals surface area contributed by atoms with Gasteiger partial charge in [-0.1, -0.05) is 0 Å². The minimum atomic E-state index is -1.31.